The van der Waals surface area contributed by atoms with Crippen molar-refractivity contribution in [3.05, 3.63) is 65.5 Å². The number of carbonyl (C=O) groups excluding carboxylic acids is 4. The maximum absolute atomic E-state index is 15.7. The van der Waals surface area contributed by atoms with Gasteiger partial charge in [-0.25, -0.2) is 14.0 Å². The Morgan fingerprint density at radius 3 is 2.16 bits per heavy atom. The number of ether oxygens (including phenoxy) is 2. The van der Waals surface area contributed by atoms with E-state index < -0.39 is 47.5 Å². The molecule has 3 atom stereocenters. The van der Waals surface area contributed by atoms with Crippen molar-refractivity contribution >= 4 is 29.7 Å². The van der Waals surface area contributed by atoms with Crippen LogP contribution in [0.1, 0.15) is 83.3 Å². The van der Waals surface area contributed by atoms with Crippen LogP contribution in [0.15, 0.2) is 48.5 Å². The molecule has 49 heavy (non-hydrogen) atoms. The van der Waals surface area contributed by atoms with E-state index in [-0.39, 0.29) is 24.1 Å². The minimum absolute atomic E-state index is 0.0546. The standard InChI is InChI=1S/C37H52FN5O6/c1-25(31(40-36(47)49-37(2,3)4)34(45)43-21-19-42(5)20-22-43)28-17-18-30(29(38)23-28)39-33(44)32(27-15-11-6-7-12-16-27)41-35(46)48-24-26-13-9-8-10-14-26/h8-10,13-14,17-18,23,25,27,31-32H,6-7,11-12,15-16,19-22,24H2,1-5H3,(H,39,44)(H,40,47)(H,41,46)/t25-,31+,32-/m0/s1. The number of hydrogen-bond donors (Lipinski definition) is 3. The molecule has 0 spiro atoms. The minimum Gasteiger partial charge on any atom is -0.445 e. The van der Waals surface area contributed by atoms with Crippen LogP contribution in [0.2, 0.25) is 0 Å². The molecule has 0 bridgehead atoms. The van der Waals surface area contributed by atoms with Crippen molar-refractivity contribution in [2.45, 2.75) is 96.4 Å². The van der Waals surface area contributed by atoms with Gasteiger partial charge in [0.05, 0.1) is 5.69 Å². The first-order valence-electron chi connectivity index (χ1n) is 17.3. The third-order valence-corrected chi connectivity index (χ3v) is 9.17. The fourth-order valence-electron chi connectivity index (χ4n) is 6.31. The van der Waals surface area contributed by atoms with E-state index in [0.29, 0.717) is 31.7 Å². The molecule has 1 aliphatic carbocycles. The molecular formula is C37H52FN5O6. The van der Waals surface area contributed by atoms with Gasteiger partial charge in [-0.15, -0.1) is 0 Å². The van der Waals surface area contributed by atoms with Gasteiger partial charge in [0, 0.05) is 32.1 Å². The lowest BCUT2D eigenvalue weighted by atomic mass is 9.90. The van der Waals surface area contributed by atoms with Gasteiger partial charge in [0.2, 0.25) is 11.8 Å². The Labute approximate surface area is 289 Å². The van der Waals surface area contributed by atoms with Crippen LogP contribution in [0.3, 0.4) is 0 Å². The van der Waals surface area contributed by atoms with Crippen LogP contribution >= 0.6 is 0 Å². The Hall–Kier alpha value is -4.19. The summed E-state index contributed by atoms with van der Waals surface area (Å²) in [5.41, 5.74) is 0.448. The molecule has 0 unspecified atom stereocenters. The molecule has 1 saturated heterocycles. The number of halogens is 1. The fraction of sp³-hybridized carbons (Fsp3) is 0.568. The van der Waals surface area contributed by atoms with Crippen molar-refractivity contribution in [2.75, 3.05) is 38.5 Å². The van der Waals surface area contributed by atoms with Crippen LogP contribution in [-0.4, -0.2) is 84.7 Å². The van der Waals surface area contributed by atoms with E-state index in [2.05, 4.69) is 20.9 Å². The topological polar surface area (TPSA) is 129 Å². The summed E-state index contributed by atoms with van der Waals surface area (Å²) in [6.45, 7) is 9.41. The van der Waals surface area contributed by atoms with Gasteiger partial charge < -0.3 is 35.2 Å². The van der Waals surface area contributed by atoms with Gasteiger partial charge in [0.1, 0.15) is 30.1 Å². The first kappa shape index (κ1) is 37.6. The highest BCUT2D eigenvalue weighted by Crippen LogP contribution is 2.29. The summed E-state index contributed by atoms with van der Waals surface area (Å²) < 4.78 is 26.6. The number of anilines is 1. The third-order valence-electron chi connectivity index (χ3n) is 9.17. The zero-order valence-electron chi connectivity index (χ0n) is 29.4. The molecule has 1 aliphatic heterocycles. The van der Waals surface area contributed by atoms with E-state index in [1.807, 2.05) is 37.4 Å². The summed E-state index contributed by atoms with van der Waals surface area (Å²) in [5.74, 6) is -2.26. The number of rotatable bonds is 10. The lowest BCUT2D eigenvalue weighted by Crippen LogP contribution is -2.56. The van der Waals surface area contributed by atoms with E-state index >= 15 is 4.39 Å². The zero-order valence-corrected chi connectivity index (χ0v) is 29.4. The van der Waals surface area contributed by atoms with Crippen molar-refractivity contribution < 1.29 is 33.0 Å². The smallest absolute Gasteiger partial charge is 0.408 e. The Morgan fingerprint density at radius 1 is 0.898 bits per heavy atom. The average Bonchev–Trinajstić information content (AvgIpc) is 3.35. The second-order valence-electron chi connectivity index (χ2n) is 14.2. The highest BCUT2D eigenvalue weighted by atomic mass is 19.1. The molecule has 2 fully saturated rings. The van der Waals surface area contributed by atoms with Gasteiger partial charge in [0.15, 0.2) is 0 Å². The molecule has 12 heteroatoms. The lowest BCUT2D eigenvalue weighted by molar-refractivity contribution is -0.135. The summed E-state index contributed by atoms with van der Waals surface area (Å²) in [6, 6.07) is 11.7. The summed E-state index contributed by atoms with van der Waals surface area (Å²) in [4.78, 5) is 56.9. The van der Waals surface area contributed by atoms with Crippen LogP contribution < -0.4 is 16.0 Å². The van der Waals surface area contributed by atoms with E-state index in [1.165, 1.54) is 12.1 Å². The Morgan fingerprint density at radius 2 is 1.55 bits per heavy atom. The van der Waals surface area contributed by atoms with Crippen molar-refractivity contribution in [3.8, 4) is 0 Å². The Kier molecular flexibility index (Phi) is 13.4. The van der Waals surface area contributed by atoms with E-state index in [0.717, 1.165) is 44.1 Å². The van der Waals surface area contributed by atoms with Crippen LogP contribution in [-0.2, 0) is 25.7 Å². The number of nitrogens with one attached hydrogen (secondary N) is 3. The molecule has 2 aromatic carbocycles. The van der Waals surface area contributed by atoms with Gasteiger partial charge in [-0.05, 0) is 69.8 Å². The number of likely N-dealkylation sites (N-methyl/N-ethyl adjacent to an activating group) is 1. The number of hydrogen-bond acceptors (Lipinski definition) is 7. The number of alkyl carbamates (subject to hydrolysis) is 2. The van der Waals surface area contributed by atoms with Crippen molar-refractivity contribution in [1.82, 2.24) is 20.4 Å². The molecule has 4 rings (SSSR count). The monoisotopic (exact) mass is 681 g/mol. The molecule has 3 N–H and O–H groups in total. The van der Waals surface area contributed by atoms with Gasteiger partial charge in [0.25, 0.3) is 0 Å². The minimum atomic E-state index is -1.01. The first-order valence-corrected chi connectivity index (χ1v) is 17.3. The number of amides is 4. The molecule has 268 valence electrons. The molecular weight excluding hydrogens is 629 g/mol. The molecule has 11 nitrogen and oxygen atoms in total. The van der Waals surface area contributed by atoms with Crippen molar-refractivity contribution in [1.29, 1.82) is 0 Å². The largest absolute Gasteiger partial charge is 0.445 e. The highest BCUT2D eigenvalue weighted by Gasteiger charge is 2.35. The maximum Gasteiger partial charge on any atom is 0.408 e. The summed E-state index contributed by atoms with van der Waals surface area (Å²) in [6.07, 6.45) is 4.02. The number of nitrogens with zero attached hydrogens (tertiary/aromatic N) is 2. The maximum atomic E-state index is 15.7. The van der Waals surface area contributed by atoms with Crippen LogP contribution in [0.5, 0.6) is 0 Å². The average molecular weight is 682 g/mol. The molecule has 4 amide bonds. The zero-order chi connectivity index (χ0) is 35.6. The SMILES string of the molecule is C[C@@H](c1ccc(NC(=O)[C@@H](NC(=O)OCc2ccccc2)C2CCCCCC2)c(F)c1)[C@@H](NC(=O)OC(C)(C)C)C(=O)N1CCN(C)CC1. The van der Waals surface area contributed by atoms with Gasteiger partial charge in [-0.1, -0.05) is 69.0 Å². The Bertz CT molecular complexity index is 1420. The van der Waals surface area contributed by atoms with Crippen LogP contribution in [0.4, 0.5) is 19.7 Å². The van der Waals surface area contributed by atoms with Crippen molar-refractivity contribution in [2.24, 2.45) is 5.92 Å². The molecule has 1 saturated carbocycles. The quantitative estimate of drug-likeness (QED) is 0.271. The predicted octanol–water partition coefficient (Wildman–Crippen LogP) is 5.80. The van der Waals surface area contributed by atoms with Gasteiger partial charge in [-0.3, -0.25) is 9.59 Å². The predicted molar refractivity (Wildman–Crippen MR) is 185 cm³/mol. The summed E-state index contributed by atoms with van der Waals surface area (Å²) >= 11 is 0. The number of benzene rings is 2. The number of piperazine rings is 1. The summed E-state index contributed by atoms with van der Waals surface area (Å²) in [7, 11) is 1.98. The van der Waals surface area contributed by atoms with E-state index in [1.54, 1.807) is 38.7 Å². The van der Waals surface area contributed by atoms with Gasteiger partial charge in [-0.2, -0.15) is 0 Å². The molecule has 0 aromatic heterocycles. The lowest BCUT2D eigenvalue weighted by Gasteiger charge is -2.36. The normalized spacial score (nSPS) is 18.0. The van der Waals surface area contributed by atoms with Crippen LogP contribution in [0, 0.1) is 11.7 Å². The summed E-state index contributed by atoms with van der Waals surface area (Å²) in [5, 5.41) is 8.17. The molecule has 1 heterocycles. The fourth-order valence-corrected chi connectivity index (χ4v) is 6.31. The van der Waals surface area contributed by atoms with Crippen LogP contribution in [0.25, 0.3) is 0 Å². The van der Waals surface area contributed by atoms with Crippen molar-refractivity contribution in [3.63, 3.8) is 0 Å². The van der Waals surface area contributed by atoms with E-state index in [9.17, 15) is 19.2 Å². The second kappa shape index (κ2) is 17.5. The third kappa shape index (κ3) is 11.4. The molecule has 0 radical (unpaired) electrons. The first-order chi connectivity index (χ1) is 23.3. The van der Waals surface area contributed by atoms with E-state index in [4.69, 9.17) is 9.47 Å². The number of carbonyl (C=O) groups is 4. The Balaban J connectivity index is 1.49. The van der Waals surface area contributed by atoms with Gasteiger partial charge >= 0.3 is 12.2 Å². The molecule has 2 aromatic rings. The molecule has 2 aliphatic rings. The highest BCUT2D eigenvalue weighted by molar-refractivity contribution is 5.97. The second-order valence-corrected chi connectivity index (χ2v) is 14.2.